The smallest absolute Gasteiger partial charge is 0.0805 e. The molecular formula is C35H24N2. The molecule has 2 heteroatoms. The van der Waals surface area contributed by atoms with E-state index in [-0.39, 0.29) is 5.41 Å². The Morgan fingerprint density at radius 2 is 1.30 bits per heavy atom. The molecule has 0 atom stereocenters. The van der Waals surface area contributed by atoms with Gasteiger partial charge in [-0.1, -0.05) is 92.7 Å². The molecule has 5 aromatic carbocycles. The quantitative estimate of drug-likeness (QED) is 0.223. The molecule has 1 aliphatic carbocycles. The fourth-order valence-corrected chi connectivity index (χ4v) is 6.29. The zero-order chi connectivity index (χ0) is 24.7. The van der Waals surface area contributed by atoms with Crippen LogP contribution in [0.25, 0.3) is 65.7 Å². The van der Waals surface area contributed by atoms with Gasteiger partial charge in [0.15, 0.2) is 0 Å². The highest BCUT2D eigenvalue weighted by Gasteiger charge is 2.39. The van der Waals surface area contributed by atoms with Crippen LogP contribution in [-0.4, -0.2) is 9.97 Å². The number of fused-ring (bicyclic) bond motifs is 9. The summed E-state index contributed by atoms with van der Waals surface area (Å²) in [4.78, 5) is 10.3. The number of nitrogens with zero attached hydrogens (tertiary/aromatic N) is 2. The van der Waals surface area contributed by atoms with E-state index in [0.717, 1.165) is 16.7 Å². The third-order valence-electron chi connectivity index (χ3n) is 8.25. The molecule has 37 heavy (non-hydrogen) atoms. The predicted octanol–water partition coefficient (Wildman–Crippen LogP) is 9.06. The Morgan fingerprint density at radius 1 is 0.568 bits per heavy atom. The van der Waals surface area contributed by atoms with E-state index in [2.05, 4.69) is 111 Å². The lowest BCUT2D eigenvalue weighted by molar-refractivity contribution is 0.660. The number of pyridine rings is 2. The Hall–Kier alpha value is -4.56. The Kier molecular flexibility index (Phi) is 4.03. The van der Waals surface area contributed by atoms with E-state index in [9.17, 15) is 0 Å². The van der Waals surface area contributed by atoms with E-state index in [1.165, 1.54) is 60.1 Å². The molecule has 7 aromatic rings. The molecule has 0 radical (unpaired) electrons. The van der Waals surface area contributed by atoms with E-state index >= 15 is 0 Å². The van der Waals surface area contributed by atoms with Gasteiger partial charge in [0, 0.05) is 33.3 Å². The van der Waals surface area contributed by atoms with E-state index in [1.807, 2.05) is 12.3 Å². The van der Waals surface area contributed by atoms with Crippen molar-refractivity contribution in [3.05, 3.63) is 120 Å². The van der Waals surface area contributed by atoms with Crippen LogP contribution in [0, 0.1) is 0 Å². The minimum absolute atomic E-state index is 0.186. The summed E-state index contributed by atoms with van der Waals surface area (Å²) in [6, 6.07) is 37.3. The normalized spacial score (nSPS) is 13.9. The molecule has 2 heterocycles. The topological polar surface area (TPSA) is 25.8 Å². The van der Waals surface area contributed by atoms with Gasteiger partial charge in [0.2, 0.25) is 0 Å². The summed E-state index contributed by atoms with van der Waals surface area (Å²) in [6.45, 7) is 4.65. The van der Waals surface area contributed by atoms with Gasteiger partial charge in [-0.15, -0.1) is 0 Å². The molecule has 0 fully saturated rings. The van der Waals surface area contributed by atoms with Crippen LogP contribution in [-0.2, 0) is 5.41 Å². The van der Waals surface area contributed by atoms with Crippen LogP contribution < -0.4 is 0 Å². The van der Waals surface area contributed by atoms with Gasteiger partial charge < -0.3 is 0 Å². The standard InChI is InChI=1S/C35H24N2/c1-35(2)29-20-28(24-15-13-21-8-3-4-10-23(21)18-24)27-12-7-17-36-33(27)31(29)34-30(35)19-25-16-14-22-9-5-6-11-26(22)32(25)37-34/h3-20H,1-2H3. The minimum atomic E-state index is -0.186. The Balaban J connectivity index is 1.47. The second-order valence-electron chi connectivity index (χ2n) is 10.7. The number of hydrogen-bond donors (Lipinski definition) is 0. The van der Waals surface area contributed by atoms with Gasteiger partial charge in [-0.25, -0.2) is 4.98 Å². The van der Waals surface area contributed by atoms with Crippen LogP contribution in [0.5, 0.6) is 0 Å². The van der Waals surface area contributed by atoms with Gasteiger partial charge in [0.1, 0.15) is 0 Å². The lowest BCUT2D eigenvalue weighted by Gasteiger charge is -2.22. The highest BCUT2D eigenvalue weighted by atomic mass is 14.8. The lowest BCUT2D eigenvalue weighted by atomic mass is 9.80. The van der Waals surface area contributed by atoms with Crippen molar-refractivity contribution in [1.82, 2.24) is 9.97 Å². The molecule has 2 aromatic heterocycles. The van der Waals surface area contributed by atoms with Crippen molar-refractivity contribution in [2.24, 2.45) is 0 Å². The largest absolute Gasteiger partial charge is 0.256 e. The zero-order valence-corrected chi connectivity index (χ0v) is 20.8. The molecule has 0 bridgehead atoms. The van der Waals surface area contributed by atoms with Gasteiger partial charge in [0.25, 0.3) is 0 Å². The monoisotopic (exact) mass is 472 g/mol. The first-order valence-corrected chi connectivity index (χ1v) is 12.8. The Labute approximate surface area is 215 Å². The van der Waals surface area contributed by atoms with E-state index in [0.29, 0.717) is 0 Å². The lowest BCUT2D eigenvalue weighted by Crippen LogP contribution is -2.15. The van der Waals surface area contributed by atoms with Gasteiger partial charge in [0.05, 0.1) is 16.7 Å². The molecule has 174 valence electrons. The second-order valence-corrected chi connectivity index (χ2v) is 10.7. The molecule has 8 rings (SSSR count). The van der Waals surface area contributed by atoms with Crippen molar-refractivity contribution in [2.75, 3.05) is 0 Å². The summed E-state index contributed by atoms with van der Waals surface area (Å²) >= 11 is 0. The van der Waals surface area contributed by atoms with Crippen molar-refractivity contribution < 1.29 is 0 Å². The average Bonchev–Trinajstić information content (AvgIpc) is 3.17. The number of aromatic nitrogens is 2. The average molecular weight is 473 g/mol. The van der Waals surface area contributed by atoms with Crippen LogP contribution in [0.3, 0.4) is 0 Å². The highest BCUT2D eigenvalue weighted by molar-refractivity contribution is 6.10. The van der Waals surface area contributed by atoms with E-state index in [1.54, 1.807) is 0 Å². The van der Waals surface area contributed by atoms with Crippen molar-refractivity contribution in [2.45, 2.75) is 19.3 Å². The first kappa shape index (κ1) is 20.6. The summed E-state index contributed by atoms with van der Waals surface area (Å²) in [5, 5.41) is 7.27. The maximum Gasteiger partial charge on any atom is 0.0805 e. The van der Waals surface area contributed by atoms with Gasteiger partial charge in [-0.05, 0) is 62.7 Å². The third kappa shape index (κ3) is 2.81. The van der Waals surface area contributed by atoms with Crippen LogP contribution in [0.1, 0.15) is 25.0 Å². The SMILES string of the molecule is CC1(C)c2cc3ccc4ccccc4c3nc2-c2c1cc(-c1ccc3ccccc3c1)c1cccnc21. The summed E-state index contributed by atoms with van der Waals surface area (Å²) in [6.07, 6.45) is 1.91. The van der Waals surface area contributed by atoms with Crippen molar-refractivity contribution in [3.8, 4) is 22.4 Å². The Morgan fingerprint density at radius 3 is 2.19 bits per heavy atom. The summed E-state index contributed by atoms with van der Waals surface area (Å²) < 4.78 is 0. The minimum Gasteiger partial charge on any atom is -0.256 e. The first-order chi connectivity index (χ1) is 18.1. The number of hydrogen-bond acceptors (Lipinski definition) is 2. The molecular weight excluding hydrogens is 448 g/mol. The molecule has 0 spiro atoms. The maximum atomic E-state index is 5.37. The fourth-order valence-electron chi connectivity index (χ4n) is 6.29. The molecule has 0 saturated heterocycles. The van der Waals surface area contributed by atoms with Crippen molar-refractivity contribution in [3.63, 3.8) is 0 Å². The molecule has 0 N–H and O–H groups in total. The van der Waals surface area contributed by atoms with Crippen LogP contribution in [0.15, 0.2) is 109 Å². The summed E-state index contributed by atoms with van der Waals surface area (Å²) in [7, 11) is 0. The summed E-state index contributed by atoms with van der Waals surface area (Å²) in [5.74, 6) is 0. The maximum absolute atomic E-state index is 5.37. The highest BCUT2D eigenvalue weighted by Crippen LogP contribution is 2.53. The van der Waals surface area contributed by atoms with Crippen LogP contribution in [0.4, 0.5) is 0 Å². The van der Waals surface area contributed by atoms with E-state index < -0.39 is 0 Å². The summed E-state index contributed by atoms with van der Waals surface area (Å²) in [5.41, 5.74) is 9.16. The Bertz CT molecular complexity index is 2070. The number of rotatable bonds is 1. The predicted molar refractivity (Wildman–Crippen MR) is 155 cm³/mol. The van der Waals surface area contributed by atoms with Gasteiger partial charge in [-0.3, -0.25) is 4.98 Å². The van der Waals surface area contributed by atoms with Crippen LogP contribution >= 0.6 is 0 Å². The molecule has 0 unspecified atom stereocenters. The fraction of sp³-hybridized carbons (Fsp3) is 0.0857. The molecule has 1 aliphatic rings. The van der Waals surface area contributed by atoms with Crippen LogP contribution in [0.2, 0.25) is 0 Å². The van der Waals surface area contributed by atoms with Crippen molar-refractivity contribution in [1.29, 1.82) is 0 Å². The van der Waals surface area contributed by atoms with Crippen molar-refractivity contribution >= 4 is 43.4 Å². The van der Waals surface area contributed by atoms with Gasteiger partial charge >= 0.3 is 0 Å². The van der Waals surface area contributed by atoms with E-state index in [4.69, 9.17) is 9.97 Å². The first-order valence-electron chi connectivity index (χ1n) is 12.8. The second kappa shape index (κ2) is 7.24. The number of benzene rings is 5. The molecule has 0 amide bonds. The zero-order valence-electron chi connectivity index (χ0n) is 20.8. The molecule has 2 nitrogen and oxygen atoms in total. The third-order valence-corrected chi connectivity index (χ3v) is 8.25. The van der Waals surface area contributed by atoms with Gasteiger partial charge in [-0.2, -0.15) is 0 Å². The molecule has 0 saturated carbocycles. The molecule has 0 aliphatic heterocycles.